The fourth-order valence-corrected chi connectivity index (χ4v) is 1.67. The Morgan fingerprint density at radius 2 is 1.88 bits per heavy atom. The second-order valence-electron chi connectivity index (χ2n) is 3.86. The molecule has 1 heterocycles. The molecule has 96 valence electrons. The van der Waals surface area contributed by atoms with Crippen LogP contribution in [0.15, 0.2) is 6.07 Å². The lowest BCUT2D eigenvalue weighted by molar-refractivity contribution is 0.814. The van der Waals surface area contributed by atoms with Gasteiger partial charge in [-0.05, 0) is 27.8 Å². The van der Waals surface area contributed by atoms with E-state index in [9.17, 15) is 0 Å². The number of aryl methyl sites for hydroxylation is 1. The number of nitrogens with one attached hydrogen (secondary N) is 2. The van der Waals surface area contributed by atoms with Crippen molar-refractivity contribution >= 4 is 11.6 Å². The Kier molecular flexibility index (Phi) is 5.69. The SMILES string of the molecule is CCN(CC)c1cc(NCCNC)nc(C)n1. The van der Waals surface area contributed by atoms with E-state index in [1.807, 2.05) is 20.0 Å². The van der Waals surface area contributed by atoms with E-state index in [2.05, 4.69) is 39.3 Å². The van der Waals surface area contributed by atoms with Crippen LogP contribution in [0.5, 0.6) is 0 Å². The summed E-state index contributed by atoms with van der Waals surface area (Å²) in [4.78, 5) is 11.1. The zero-order valence-corrected chi connectivity index (χ0v) is 11.2. The highest BCUT2D eigenvalue weighted by molar-refractivity contribution is 5.49. The molecule has 0 unspecified atom stereocenters. The van der Waals surface area contributed by atoms with E-state index >= 15 is 0 Å². The molecule has 0 aliphatic heterocycles. The predicted octanol–water partition coefficient (Wildman–Crippen LogP) is 1.26. The molecule has 1 aromatic rings. The van der Waals surface area contributed by atoms with E-state index in [0.29, 0.717) is 0 Å². The first-order chi connectivity index (χ1) is 8.21. The van der Waals surface area contributed by atoms with Crippen molar-refractivity contribution in [2.24, 2.45) is 0 Å². The minimum absolute atomic E-state index is 0.807. The van der Waals surface area contributed by atoms with E-state index < -0.39 is 0 Å². The van der Waals surface area contributed by atoms with E-state index in [1.165, 1.54) is 0 Å². The van der Waals surface area contributed by atoms with Crippen molar-refractivity contribution in [3.8, 4) is 0 Å². The average molecular weight is 237 g/mol. The molecule has 0 fully saturated rings. The highest BCUT2D eigenvalue weighted by Gasteiger charge is 2.06. The second-order valence-corrected chi connectivity index (χ2v) is 3.86. The van der Waals surface area contributed by atoms with Gasteiger partial charge in [0.25, 0.3) is 0 Å². The van der Waals surface area contributed by atoms with Gasteiger partial charge in [-0.25, -0.2) is 9.97 Å². The van der Waals surface area contributed by atoms with Crippen LogP contribution in [0.1, 0.15) is 19.7 Å². The zero-order chi connectivity index (χ0) is 12.7. The van der Waals surface area contributed by atoms with Crippen LogP contribution in [-0.2, 0) is 0 Å². The third-order valence-corrected chi connectivity index (χ3v) is 2.59. The fourth-order valence-electron chi connectivity index (χ4n) is 1.67. The molecule has 0 aliphatic rings. The Bertz CT molecular complexity index is 336. The molecule has 0 amide bonds. The zero-order valence-electron chi connectivity index (χ0n) is 11.2. The molecule has 2 N–H and O–H groups in total. The van der Waals surface area contributed by atoms with Gasteiger partial charge in [0.2, 0.25) is 0 Å². The molecule has 0 saturated carbocycles. The van der Waals surface area contributed by atoms with Crippen LogP contribution >= 0.6 is 0 Å². The van der Waals surface area contributed by atoms with Gasteiger partial charge < -0.3 is 15.5 Å². The van der Waals surface area contributed by atoms with E-state index in [1.54, 1.807) is 0 Å². The number of rotatable bonds is 7. The Hall–Kier alpha value is -1.36. The third-order valence-electron chi connectivity index (χ3n) is 2.59. The lowest BCUT2D eigenvalue weighted by Gasteiger charge is -2.20. The molecular formula is C12H23N5. The third kappa shape index (κ3) is 4.19. The summed E-state index contributed by atoms with van der Waals surface area (Å²) in [6, 6.07) is 2.01. The topological polar surface area (TPSA) is 53.1 Å². The van der Waals surface area contributed by atoms with Crippen LogP contribution in [0.25, 0.3) is 0 Å². The Morgan fingerprint density at radius 3 is 2.47 bits per heavy atom. The summed E-state index contributed by atoms with van der Waals surface area (Å²) >= 11 is 0. The monoisotopic (exact) mass is 237 g/mol. The van der Waals surface area contributed by atoms with Crippen LogP contribution in [0.2, 0.25) is 0 Å². The lowest BCUT2D eigenvalue weighted by atomic mass is 10.4. The molecule has 0 radical (unpaired) electrons. The quantitative estimate of drug-likeness (QED) is 0.699. The van der Waals surface area contributed by atoms with Crippen molar-refractivity contribution in [2.75, 3.05) is 43.4 Å². The fraction of sp³-hybridized carbons (Fsp3) is 0.667. The standard InChI is InChI=1S/C12H23N5/c1-5-17(6-2)12-9-11(14-8-7-13-4)15-10(3)16-12/h9,13H,5-8H2,1-4H3,(H,14,15,16). The molecular weight excluding hydrogens is 214 g/mol. The molecule has 0 saturated heterocycles. The van der Waals surface area contributed by atoms with Gasteiger partial charge in [-0.15, -0.1) is 0 Å². The summed E-state index contributed by atoms with van der Waals surface area (Å²) in [6.07, 6.45) is 0. The van der Waals surface area contributed by atoms with E-state index in [0.717, 1.165) is 43.6 Å². The molecule has 5 nitrogen and oxygen atoms in total. The first-order valence-electron chi connectivity index (χ1n) is 6.20. The van der Waals surface area contributed by atoms with Crippen molar-refractivity contribution in [3.05, 3.63) is 11.9 Å². The molecule has 0 atom stereocenters. The summed E-state index contributed by atoms with van der Waals surface area (Å²) < 4.78 is 0. The number of hydrogen-bond acceptors (Lipinski definition) is 5. The molecule has 0 spiro atoms. The number of nitrogens with zero attached hydrogens (tertiary/aromatic N) is 3. The summed E-state index contributed by atoms with van der Waals surface area (Å²) in [7, 11) is 1.94. The van der Waals surface area contributed by atoms with Gasteiger partial charge in [0, 0.05) is 32.2 Å². The van der Waals surface area contributed by atoms with Gasteiger partial charge in [0.1, 0.15) is 17.5 Å². The van der Waals surface area contributed by atoms with Crippen LogP contribution in [-0.4, -0.2) is 43.2 Å². The maximum absolute atomic E-state index is 4.46. The molecule has 0 aromatic carbocycles. The molecule has 1 aromatic heterocycles. The van der Waals surface area contributed by atoms with Gasteiger partial charge in [-0.3, -0.25) is 0 Å². The Morgan fingerprint density at radius 1 is 1.18 bits per heavy atom. The number of likely N-dealkylation sites (N-methyl/N-ethyl adjacent to an activating group) is 1. The normalized spacial score (nSPS) is 10.4. The van der Waals surface area contributed by atoms with Crippen molar-refractivity contribution < 1.29 is 0 Å². The second kappa shape index (κ2) is 7.06. The highest BCUT2D eigenvalue weighted by Crippen LogP contribution is 2.15. The van der Waals surface area contributed by atoms with Crippen LogP contribution in [0.3, 0.4) is 0 Å². The Labute approximate surface area is 104 Å². The van der Waals surface area contributed by atoms with Crippen molar-refractivity contribution in [3.63, 3.8) is 0 Å². The molecule has 0 aliphatic carbocycles. The maximum atomic E-state index is 4.46. The largest absolute Gasteiger partial charge is 0.369 e. The number of anilines is 2. The van der Waals surface area contributed by atoms with E-state index in [-0.39, 0.29) is 0 Å². The molecule has 0 bridgehead atoms. The molecule has 5 heteroatoms. The number of aromatic nitrogens is 2. The lowest BCUT2D eigenvalue weighted by Crippen LogP contribution is -2.24. The molecule has 1 rings (SSSR count). The van der Waals surface area contributed by atoms with E-state index in [4.69, 9.17) is 0 Å². The minimum atomic E-state index is 0.807. The summed E-state index contributed by atoms with van der Waals surface area (Å²) in [6.45, 7) is 9.90. The number of hydrogen-bond donors (Lipinski definition) is 2. The first-order valence-corrected chi connectivity index (χ1v) is 6.20. The van der Waals surface area contributed by atoms with Gasteiger partial charge in [-0.1, -0.05) is 0 Å². The average Bonchev–Trinajstić information content (AvgIpc) is 2.30. The summed E-state index contributed by atoms with van der Waals surface area (Å²) in [5.41, 5.74) is 0. The van der Waals surface area contributed by atoms with Gasteiger partial charge in [0.05, 0.1) is 0 Å². The van der Waals surface area contributed by atoms with Crippen LogP contribution in [0.4, 0.5) is 11.6 Å². The summed E-state index contributed by atoms with van der Waals surface area (Å²) in [5.74, 6) is 2.70. The predicted molar refractivity (Wildman–Crippen MR) is 72.7 cm³/mol. The van der Waals surface area contributed by atoms with Crippen LogP contribution in [0, 0.1) is 6.92 Å². The maximum Gasteiger partial charge on any atom is 0.134 e. The van der Waals surface area contributed by atoms with Crippen LogP contribution < -0.4 is 15.5 Å². The van der Waals surface area contributed by atoms with Gasteiger partial charge in [0.15, 0.2) is 0 Å². The van der Waals surface area contributed by atoms with Crippen molar-refractivity contribution in [1.29, 1.82) is 0 Å². The minimum Gasteiger partial charge on any atom is -0.369 e. The van der Waals surface area contributed by atoms with Gasteiger partial charge in [-0.2, -0.15) is 0 Å². The van der Waals surface area contributed by atoms with Gasteiger partial charge >= 0.3 is 0 Å². The summed E-state index contributed by atoms with van der Waals surface area (Å²) in [5, 5.41) is 6.39. The van der Waals surface area contributed by atoms with Crippen molar-refractivity contribution in [1.82, 2.24) is 15.3 Å². The smallest absolute Gasteiger partial charge is 0.134 e. The van der Waals surface area contributed by atoms with Crippen molar-refractivity contribution in [2.45, 2.75) is 20.8 Å². The Balaban J connectivity index is 2.78. The first kappa shape index (κ1) is 13.7. The molecule has 17 heavy (non-hydrogen) atoms. The highest BCUT2D eigenvalue weighted by atomic mass is 15.2.